The van der Waals surface area contributed by atoms with Crippen LogP contribution in [0.25, 0.3) is 11.3 Å². The molecule has 5 rings (SSSR count). The van der Waals surface area contributed by atoms with Crippen molar-refractivity contribution < 1.29 is 27.5 Å². The number of thiazole rings is 1. The Morgan fingerprint density at radius 1 is 1.05 bits per heavy atom. The molecule has 1 aliphatic rings. The molecule has 11 heteroatoms. The van der Waals surface area contributed by atoms with Gasteiger partial charge < -0.3 is 9.64 Å². The molecule has 1 amide bonds. The van der Waals surface area contributed by atoms with Crippen LogP contribution in [0.15, 0.2) is 72.9 Å². The average molecular weight is 581 g/mol. The normalized spacial score (nSPS) is 14.1. The molecule has 1 N–H and O–H groups in total. The van der Waals surface area contributed by atoms with E-state index >= 15 is 0 Å². The summed E-state index contributed by atoms with van der Waals surface area (Å²) in [6.07, 6.45) is -1.49. The molecule has 7 nitrogen and oxygen atoms in total. The number of nitrogens with one attached hydrogen (secondary N) is 1. The predicted octanol–water partition coefficient (Wildman–Crippen LogP) is 7.04. The minimum Gasteiger partial charge on any atom is -0.462 e. The quantitative estimate of drug-likeness (QED) is 0.236. The number of amides is 1. The molecule has 2 aromatic heterocycles. The molecule has 41 heavy (non-hydrogen) atoms. The number of halogens is 3. The summed E-state index contributed by atoms with van der Waals surface area (Å²) in [5.41, 5.74) is 1.56. The standard InChI is InChI=1S/C30H27F3N4O3S/c1-2-40-28(39)26-25(20-7-4-3-5-8-20)35-29(41-26)36-27(38)22-11-12-24(34-18-22)37-15-13-19(14-16-37)21-9-6-10-23(17-21)30(31,32)33/h3-12,17-19H,2,13-16H2,1H3,(H,35,36,38). The van der Waals surface area contributed by atoms with Gasteiger partial charge in [0.1, 0.15) is 10.7 Å². The second-order valence-electron chi connectivity index (χ2n) is 9.53. The third-order valence-electron chi connectivity index (χ3n) is 6.87. The number of nitrogens with zero attached hydrogens (tertiary/aromatic N) is 3. The van der Waals surface area contributed by atoms with Crippen LogP contribution in [-0.2, 0) is 10.9 Å². The second kappa shape index (κ2) is 12.1. The van der Waals surface area contributed by atoms with Gasteiger partial charge >= 0.3 is 12.1 Å². The molecular weight excluding hydrogens is 553 g/mol. The summed E-state index contributed by atoms with van der Waals surface area (Å²) in [6, 6.07) is 18.1. The zero-order valence-electron chi connectivity index (χ0n) is 22.1. The van der Waals surface area contributed by atoms with E-state index < -0.39 is 23.6 Å². The number of hydrogen-bond donors (Lipinski definition) is 1. The van der Waals surface area contributed by atoms with Gasteiger partial charge in [0.2, 0.25) is 0 Å². The Hall–Kier alpha value is -4.25. The summed E-state index contributed by atoms with van der Waals surface area (Å²) in [4.78, 5) is 36.8. The first-order chi connectivity index (χ1) is 19.7. The number of alkyl halides is 3. The van der Waals surface area contributed by atoms with Crippen LogP contribution in [0.3, 0.4) is 0 Å². The lowest BCUT2D eigenvalue weighted by Crippen LogP contribution is -2.33. The van der Waals surface area contributed by atoms with Crippen molar-refractivity contribution in [3.8, 4) is 11.3 Å². The largest absolute Gasteiger partial charge is 0.462 e. The lowest BCUT2D eigenvalue weighted by Gasteiger charge is -2.33. The maximum absolute atomic E-state index is 13.1. The summed E-state index contributed by atoms with van der Waals surface area (Å²) < 4.78 is 44.5. The fourth-order valence-corrected chi connectivity index (χ4v) is 5.66. The number of pyridine rings is 1. The predicted molar refractivity (Wildman–Crippen MR) is 151 cm³/mol. The molecule has 1 aliphatic heterocycles. The topological polar surface area (TPSA) is 84.4 Å². The summed E-state index contributed by atoms with van der Waals surface area (Å²) in [5.74, 6) is -0.199. The number of esters is 1. The molecule has 0 atom stereocenters. The SMILES string of the molecule is CCOC(=O)c1sc(NC(=O)c2ccc(N3CCC(c4cccc(C(F)(F)F)c4)CC3)nc2)nc1-c1ccccc1. The Bertz CT molecular complexity index is 1520. The van der Waals surface area contributed by atoms with E-state index in [0.29, 0.717) is 53.4 Å². The maximum Gasteiger partial charge on any atom is 0.416 e. The Labute approximate surface area is 239 Å². The van der Waals surface area contributed by atoms with Crippen LogP contribution in [0.4, 0.5) is 24.1 Å². The summed E-state index contributed by atoms with van der Waals surface area (Å²) in [7, 11) is 0. The fraction of sp³-hybridized carbons (Fsp3) is 0.267. The highest BCUT2D eigenvalue weighted by atomic mass is 32.1. The van der Waals surface area contributed by atoms with Crippen LogP contribution in [-0.4, -0.2) is 41.5 Å². The lowest BCUT2D eigenvalue weighted by atomic mass is 9.88. The monoisotopic (exact) mass is 580 g/mol. The molecule has 1 fully saturated rings. The zero-order valence-corrected chi connectivity index (χ0v) is 23.0. The molecule has 0 radical (unpaired) electrons. The van der Waals surface area contributed by atoms with Crippen molar-refractivity contribution >= 4 is 34.2 Å². The number of carbonyl (C=O) groups is 2. The summed E-state index contributed by atoms with van der Waals surface area (Å²) in [5, 5.41) is 3.01. The van der Waals surface area contributed by atoms with Gasteiger partial charge in [-0.15, -0.1) is 0 Å². The molecule has 0 aliphatic carbocycles. The molecule has 212 valence electrons. The Morgan fingerprint density at radius 2 is 1.80 bits per heavy atom. The van der Waals surface area contributed by atoms with Gasteiger partial charge in [-0.25, -0.2) is 14.8 Å². The van der Waals surface area contributed by atoms with Gasteiger partial charge in [-0.3, -0.25) is 10.1 Å². The number of hydrogen-bond acceptors (Lipinski definition) is 7. The lowest BCUT2D eigenvalue weighted by molar-refractivity contribution is -0.137. The van der Waals surface area contributed by atoms with Gasteiger partial charge in [0, 0.05) is 24.8 Å². The number of carbonyl (C=O) groups excluding carboxylic acids is 2. The van der Waals surface area contributed by atoms with Crippen LogP contribution < -0.4 is 10.2 Å². The smallest absolute Gasteiger partial charge is 0.416 e. The Balaban J connectivity index is 1.23. The van der Waals surface area contributed by atoms with Crippen LogP contribution in [0.1, 0.15) is 56.8 Å². The van der Waals surface area contributed by atoms with E-state index in [1.807, 2.05) is 30.3 Å². The van der Waals surface area contributed by atoms with E-state index in [9.17, 15) is 22.8 Å². The molecular formula is C30H27F3N4O3S. The summed E-state index contributed by atoms with van der Waals surface area (Å²) >= 11 is 1.04. The third kappa shape index (κ3) is 6.57. The van der Waals surface area contributed by atoms with E-state index in [-0.39, 0.29) is 17.7 Å². The van der Waals surface area contributed by atoms with Crippen molar-refractivity contribution in [1.82, 2.24) is 9.97 Å². The maximum atomic E-state index is 13.1. The average Bonchev–Trinajstić information content (AvgIpc) is 3.41. The molecule has 2 aromatic carbocycles. The zero-order chi connectivity index (χ0) is 29.0. The van der Waals surface area contributed by atoms with E-state index in [0.717, 1.165) is 23.0 Å². The highest BCUT2D eigenvalue weighted by Gasteiger charge is 2.31. The van der Waals surface area contributed by atoms with Crippen molar-refractivity contribution in [2.75, 3.05) is 29.9 Å². The highest BCUT2D eigenvalue weighted by molar-refractivity contribution is 7.18. The molecule has 0 bridgehead atoms. The minimum atomic E-state index is -4.36. The van der Waals surface area contributed by atoms with E-state index in [1.165, 1.54) is 18.3 Å². The highest BCUT2D eigenvalue weighted by Crippen LogP contribution is 2.35. The molecule has 0 saturated carbocycles. The second-order valence-corrected chi connectivity index (χ2v) is 10.5. The number of benzene rings is 2. The molecule has 0 spiro atoms. The molecule has 1 saturated heterocycles. The Kier molecular flexibility index (Phi) is 8.34. The molecule has 4 aromatic rings. The van der Waals surface area contributed by atoms with Crippen molar-refractivity contribution in [3.05, 3.63) is 94.5 Å². The van der Waals surface area contributed by atoms with Crippen molar-refractivity contribution in [2.24, 2.45) is 0 Å². The van der Waals surface area contributed by atoms with Crippen molar-refractivity contribution in [1.29, 1.82) is 0 Å². The Morgan fingerprint density at radius 3 is 2.46 bits per heavy atom. The van der Waals surface area contributed by atoms with Gasteiger partial charge in [-0.1, -0.05) is 59.9 Å². The van der Waals surface area contributed by atoms with Crippen LogP contribution >= 0.6 is 11.3 Å². The van der Waals surface area contributed by atoms with Gasteiger partial charge in [0.25, 0.3) is 5.91 Å². The third-order valence-corrected chi connectivity index (χ3v) is 7.82. The fourth-order valence-electron chi connectivity index (χ4n) is 4.79. The van der Waals surface area contributed by atoms with Gasteiger partial charge in [-0.05, 0) is 49.4 Å². The van der Waals surface area contributed by atoms with Crippen LogP contribution in [0, 0.1) is 0 Å². The van der Waals surface area contributed by atoms with Gasteiger partial charge in [-0.2, -0.15) is 13.2 Å². The number of ether oxygens (including phenoxy) is 1. The van der Waals surface area contributed by atoms with Crippen LogP contribution in [0.2, 0.25) is 0 Å². The summed E-state index contributed by atoms with van der Waals surface area (Å²) in [6.45, 7) is 3.21. The van der Waals surface area contributed by atoms with Gasteiger partial charge in [0.05, 0.1) is 23.4 Å². The first-order valence-electron chi connectivity index (χ1n) is 13.2. The molecule has 3 heterocycles. The first kappa shape index (κ1) is 28.3. The van der Waals surface area contributed by atoms with E-state index in [1.54, 1.807) is 25.1 Å². The number of piperidine rings is 1. The minimum absolute atomic E-state index is 0.0390. The molecule has 0 unspecified atom stereocenters. The van der Waals surface area contributed by atoms with E-state index in [2.05, 4.69) is 20.2 Å². The number of anilines is 2. The number of rotatable bonds is 7. The van der Waals surface area contributed by atoms with Crippen LogP contribution in [0.5, 0.6) is 0 Å². The number of aromatic nitrogens is 2. The van der Waals surface area contributed by atoms with Gasteiger partial charge in [0.15, 0.2) is 5.13 Å². The van der Waals surface area contributed by atoms with Crippen molar-refractivity contribution in [2.45, 2.75) is 31.9 Å². The van der Waals surface area contributed by atoms with E-state index in [4.69, 9.17) is 4.74 Å². The van der Waals surface area contributed by atoms with Crippen molar-refractivity contribution in [3.63, 3.8) is 0 Å². The first-order valence-corrected chi connectivity index (χ1v) is 14.0.